The zero-order valence-electron chi connectivity index (χ0n) is 10.2. The first-order valence-corrected chi connectivity index (χ1v) is 7.20. The number of fused-ring (bicyclic) bond motifs is 1. The van der Waals surface area contributed by atoms with E-state index in [1.54, 1.807) is 18.1 Å². The Bertz CT molecular complexity index is 581. The molecule has 0 N–H and O–H groups in total. The van der Waals surface area contributed by atoms with E-state index < -0.39 is 0 Å². The van der Waals surface area contributed by atoms with Gasteiger partial charge >= 0.3 is 0 Å². The van der Waals surface area contributed by atoms with Crippen LogP contribution >= 0.6 is 11.8 Å². The Morgan fingerprint density at radius 2 is 2.39 bits per heavy atom. The lowest BCUT2D eigenvalue weighted by molar-refractivity contribution is 0.0674. The fourth-order valence-corrected chi connectivity index (χ4v) is 2.90. The number of hydrogen-bond acceptors (Lipinski definition) is 4. The Morgan fingerprint density at radius 3 is 3.11 bits per heavy atom. The SMILES string of the molecule is C=CC1CCC(c2ccc3c(SC)ncnn23)O1. The highest BCUT2D eigenvalue weighted by Gasteiger charge is 2.27. The molecule has 1 aliphatic rings. The summed E-state index contributed by atoms with van der Waals surface area (Å²) in [6, 6.07) is 4.14. The molecule has 18 heavy (non-hydrogen) atoms. The van der Waals surface area contributed by atoms with E-state index in [1.807, 2.05) is 16.8 Å². The summed E-state index contributed by atoms with van der Waals surface area (Å²) in [6.07, 6.45) is 7.82. The molecule has 2 atom stereocenters. The second-order valence-electron chi connectivity index (χ2n) is 4.30. The van der Waals surface area contributed by atoms with Crippen LogP contribution in [0.1, 0.15) is 24.6 Å². The van der Waals surface area contributed by atoms with Crippen LogP contribution < -0.4 is 0 Å². The largest absolute Gasteiger partial charge is 0.365 e. The standard InChI is InChI=1S/C13H15N3OS/c1-3-9-4-7-12(17-9)10-5-6-11-13(18-2)14-8-15-16(10)11/h3,5-6,8-9,12H,1,4,7H2,2H3. The molecule has 0 aromatic carbocycles. The van der Waals surface area contributed by atoms with Crippen LogP contribution in [-0.4, -0.2) is 27.0 Å². The van der Waals surface area contributed by atoms with Gasteiger partial charge in [0.25, 0.3) is 0 Å². The average molecular weight is 261 g/mol. The maximum Gasteiger partial charge on any atom is 0.137 e. The first-order valence-electron chi connectivity index (χ1n) is 5.98. The number of ether oxygens (including phenoxy) is 1. The molecule has 2 unspecified atom stereocenters. The smallest absolute Gasteiger partial charge is 0.137 e. The molecule has 2 aromatic heterocycles. The second kappa shape index (κ2) is 4.74. The van der Waals surface area contributed by atoms with Gasteiger partial charge in [-0.3, -0.25) is 0 Å². The van der Waals surface area contributed by atoms with Crippen LogP contribution in [0.3, 0.4) is 0 Å². The van der Waals surface area contributed by atoms with E-state index in [9.17, 15) is 0 Å². The van der Waals surface area contributed by atoms with Crippen LogP contribution in [0, 0.1) is 0 Å². The summed E-state index contributed by atoms with van der Waals surface area (Å²) in [7, 11) is 0. The molecule has 5 heteroatoms. The van der Waals surface area contributed by atoms with E-state index in [0.717, 1.165) is 29.1 Å². The quantitative estimate of drug-likeness (QED) is 0.629. The van der Waals surface area contributed by atoms with Crippen LogP contribution in [0.25, 0.3) is 5.52 Å². The van der Waals surface area contributed by atoms with Gasteiger partial charge in [-0.25, -0.2) is 9.50 Å². The molecule has 0 aliphatic carbocycles. The molecule has 2 aromatic rings. The van der Waals surface area contributed by atoms with Gasteiger partial charge < -0.3 is 4.74 Å². The molecule has 0 amide bonds. The minimum absolute atomic E-state index is 0.111. The highest BCUT2D eigenvalue weighted by Crippen LogP contribution is 2.34. The van der Waals surface area contributed by atoms with Crippen LogP contribution in [-0.2, 0) is 4.74 Å². The van der Waals surface area contributed by atoms with Gasteiger partial charge in [-0.05, 0) is 31.2 Å². The predicted molar refractivity (Wildman–Crippen MR) is 71.8 cm³/mol. The number of rotatable bonds is 3. The van der Waals surface area contributed by atoms with Gasteiger partial charge in [-0.2, -0.15) is 5.10 Å². The van der Waals surface area contributed by atoms with Crippen LogP contribution in [0.5, 0.6) is 0 Å². The monoisotopic (exact) mass is 261 g/mol. The molecular formula is C13H15N3OS. The summed E-state index contributed by atoms with van der Waals surface area (Å²) in [5, 5.41) is 5.33. The maximum atomic E-state index is 5.93. The van der Waals surface area contributed by atoms with E-state index in [0.29, 0.717) is 0 Å². The topological polar surface area (TPSA) is 39.4 Å². The third kappa shape index (κ3) is 1.83. The van der Waals surface area contributed by atoms with Crippen LogP contribution in [0.2, 0.25) is 0 Å². The van der Waals surface area contributed by atoms with Crippen molar-refractivity contribution in [2.75, 3.05) is 6.26 Å². The third-order valence-corrected chi connectivity index (χ3v) is 3.99. The summed E-state index contributed by atoms with van der Waals surface area (Å²) in [5.41, 5.74) is 2.15. The van der Waals surface area contributed by atoms with Crippen molar-refractivity contribution >= 4 is 17.3 Å². The molecule has 3 heterocycles. The first kappa shape index (κ1) is 11.7. The number of aromatic nitrogens is 3. The first-order chi connectivity index (χ1) is 8.83. The molecule has 1 saturated heterocycles. The molecule has 0 spiro atoms. The average Bonchev–Trinajstić information content (AvgIpc) is 3.03. The number of thioether (sulfide) groups is 1. The molecule has 0 saturated carbocycles. The van der Waals surface area contributed by atoms with E-state index >= 15 is 0 Å². The molecule has 4 nitrogen and oxygen atoms in total. The Labute approximate surface area is 110 Å². The van der Waals surface area contributed by atoms with Crippen LogP contribution in [0.4, 0.5) is 0 Å². The van der Waals surface area contributed by atoms with Crippen molar-refractivity contribution < 1.29 is 4.74 Å². The van der Waals surface area contributed by atoms with Crippen molar-refractivity contribution in [1.29, 1.82) is 0 Å². The fraction of sp³-hybridized carbons (Fsp3) is 0.385. The molecule has 3 rings (SSSR count). The number of hydrogen-bond donors (Lipinski definition) is 0. The van der Waals surface area contributed by atoms with Crippen molar-refractivity contribution in [3.05, 3.63) is 36.8 Å². The minimum atomic E-state index is 0.111. The summed E-state index contributed by atoms with van der Waals surface area (Å²) >= 11 is 1.63. The van der Waals surface area contributed by atoms with Gasteiger partial charge in [0.2, 0.25) is 0 Å². The van der Waals surface area contributed by atoms with Crippen molar-refractivity contribution in [2.24, 2.45) is 0 Å². The normalized spacial score (nSPS) is 23.6. The van der Waals surface area contributed by atoms with Gasteiger partial charge in [-0.15, -0.1) is 18.3 Å². The minimum Gasteiger partial charge on any atom is -0.365 e. The van der Waals surface area contributed by atoms with E-state index in [-0.39, 0.29) is 12.2 Å². The Kier molecular flexibility index (Phi) is 3.09. The van der Waals surface area contributed by atoms with Gasteiger partial charge in [0.1, 0.15) is 17.5 Å². The summed E-state index contributed by atoms with van der Waals surface area (Å²) < 4.78 is 7.87. The Hall–Kier alpha value is -1.33. The van der Waals surface area contributed by atoms with Crippen molar-refractivity contribution in [2.45, 2.75) is 30.1 Å². The molecule has 1 fully saturated rings. The van der Waals surface area contributed by atoms with E-state index in [4.69, 9.17) is 4.74 Å². The summed E-state index contributed by atoms with van der Waals surface area (Å²) in [4.78, 5) is 4.27. The van der Waals surface area contributed by atoms with E-state index in [2.05, 4.69) is 28.8 Å². The zero-order chi connectivity index (χ0) is 12.5. The lowest BCUT2D eigenvalue weighted by Gasteiger charge is -2.11. The molecule has 1 aliphatic heterocycles. The number of nitrogens with zero attached hydrogens (tertiary/aromatic N) is 3. The molecular weight excluding hydrogens is 246 g/mol. The zero-order valence-corrected chi connectivity index (χ0v) is 11.1. The second-order valence-corrected chi connectivity index (χ2v) is 5.10. The highest BCUT2D eigenvalue weighted by molar-refractivity contribution is 7.98. The van der Waals surface area contributed by atoms with Gasteiger partial charge in [0.15, 0.2) is 0 Å². The Balaban J connectivity index is 2.01. The van der Waals surface area contributed by atoms with Crippen LogP contribution in [0.15, 0.2) is 36.1 Å². The maximum absolute atomic E-state index is 5.93. The van der Waals surface area contributed by atoms with E-state index in [1.165, 1.54) is 0 Å². The summed E-state index contributed by atoms with van der Waals surface area (Å²) in [5.74, 6) is 0. The van der Waals surface area contributed by atoms with Gasteiger partial charge in [0.05, 0.1) is 17.3 Å². The molecule has 0 bridgehead atoms. The molecule has 0 radical (unpaired) electrons. The third-order valence-electron chi connectivity index (χ3n) is 3.28. The summed E-state index contributed by atoms with van der Waals surface area (Å²) in [6.45, 7) is 3.79. The van der Waals surface area contributed by atoms with Gasteiger partial charge in [-0.1, -0.05) is 6.08 Å². The lowest BCUT2D eigenvalue weighted by Crippen LogP contribution is -2.06. The fourth-order valence-electron chi connectivity index (χ4n) is 2.39. The Morgan fingerprint density at radius 1 is 1.50 bits per heavy atom. The van der Waals surface area contributed by atoms with Crippen molar-refractivity contribution in [3.63, 3.8) is 0 Å². The van der Waals surface area contributed by atoms with Gasteiger partial charge in [0, 0.05) is 0 Å². The predicted octanol–water partition coefficient (Wildman–Crippen LogP) is 2.86. The molecule has 94 valence electrons. The highest BCUT2D eigenvalue weighted by atomic mass is 32.2. The van der Waals surface area contributed by atoms with Crippen molar-refractivity contribution in [3.8, 4) is 0 Å². The lowest BCUT2D eigenvalue weighted by atomic mass is 10.1. The van der Waals surface area contributed by atoms with Crippen molar-refractivity contribution in [1.82, 2.24) is 14.6 Å².